The minimum absolute atomic E-state index is 0.525. The molecule has 0 radical (unpaired) electrons. The van der Waals surface area contributed by atoms with Gasteiger partial charge in [-0.15, -0.1) is 0 Å². The van der Waals surface area contributed by atoms with Crippen molar-refractivity contribution in [2.45, 2.75) is 19.2 Å². The van der Waals surface area contributed by atoms with E-state index in [0.717, 1.165) is 17.7 Å². The molecule has 0 fully saturated rings. The first-order valence-corrected chi connectivity index (χ1v) is 3.92. The molecule has 1 nitrogen and oxygen atoms in total. The van der Waals surface area contributed by atoms with Gasteiger partial charge in [0.15, 0.2) is 0 Å². The number of ether oxygens (including phenoxy) is 1. The maximum absolute atomic E-state index is 12.4. The topological polar surface area (TPSA) is 9.23 Å². The Morgan fingerprint density at radius 1 is 0.933 bits per heavy atom. The van der Waals surface area contributed by atoms with Crippen LogP contribution in [0.2, 0.25) is 0 Å². The first kappa shape index (κ1) is 11.7. The normalized spacial score (nSPS) is 12.7. The Kier molecular flexibility index (Phi) is 2.88. The second kappa shape index (κ2) is 3.67. The first-order chi connectivity index (χ1) is 6.72. The molecule has 1 aromatic rings. The van der Waals surface area contributed by atoms with Gasteiger partial charge in [0.1, 0.15) is 5.75 Å². The van der Waals surface area contributed by atoms with Crippen molar-refractivity contribution in [3.05, 3.63) is 29.8 Å². The predicted octanol–water partition coefficient (Wildman–Crippen LogP) is 3.53. The van der Waals surface area contributed by atoms with Crippen LogP contribution in [-0.4, -0.2) is 12.3 Å². The van der Waals surface area contributed by atoms with Gasteiger partial charge >= 0.3 is 12.3 Å². The van der Waals surface area contributed by atoms with Crippen LogP contribution in [0.15, 0.2) is 24.3 Å². The summed E-state index contributed by atoms with van der Waals surface area (Å²) in [5, 5.41) is 0. The Balaban J connectivity index is 2.82. The van der Waals surface area contributed by atoms with Crippen LogP contribution in [0.1, 0.15) is 5.56 Å². The van der Waals surface area contributed by atoms with Gasteiger partial charge in [-0.1, -0.05) is 17.7 Å². The molecule has 0 spiro atoms. The van der Waals surface area contributed by atoms with Crippen molar-refractivity contribution in [3.8, 4) is 5.75 Å². The van der Waals surface area contributed by atoms with Gasteiger partial charge in [-0.25, -0.2) is 0 Å². The molecule has 0 N–H and O–H groups in total. The molecule has 0 bridgehead atoms. The first-order valence-electron chi connectivity index (χ1n) is 3.92. The van der Waals surface area contributed by atoms with Crippen LogP contribution in [0, 0.1) is 6.92 Å². The van der Waals surface area contributed by atoms with E-state index in [1.807, 2.05) is 0 Å². The molecule has 1 aromatic carbocycles. The van der Waals surface area contributed by atoms with E-state index in [-0.39, 0.29) is 0 Å². The van der Waals surface area contributed by atoms with Crippen molar-refractivity contribution >= 4 is 0 Å². The smallest absolute Gasteiger partial charge is 0.426 e. The lowest BCUT2D eigenvalue weighted by atomic mass is 10.2. The fourth-order valence-electron chi connectivity index (χ4n) is 0.812. The number of hydrogen-bond acceptors (Lipinski definition) is 1. The average Bonchev–Trinajstić information content (AvgIpc) is 2.06. The lowest BCUT2D eigenvalue weighted by Crippen LogP contribution is -2.41. The Labute approximate surface area is 82.5 Å². The second-order valence-corrected chi connectivity index (χ2v) is 2.93. The van der Waals surface area contributed by atoms with Gasteiger partial charge in [0.05, 0.1) is 0 Å². The summed E-state index contributed by atoms with van der Waals surface area (Å²) in [4.78, 5) is 0. The van der Waals surface area contributed by atoms with Crippen molar-refractivity contribution in [3.63, 3.8) is 0 Å². The van der Waals surface area contributed by atoms with E-state index < -0.39 is 18.0 Å². The largest absolute Gasteiger partial charge is 0.499 e. The molecule has 0 atom stereocenters. The molecule has 15 heavy (non-hydrogen) atoms. The Bertz CT molecular complexity index is 327. The quantitative estimate of drug-likeness (QED) is 0.701. The molecule has 84 valence electrons. The molecular formula is C9H7F5O. The summed E-state index contributed by atoms with van der Waals surface area (Å²) < 4.78 is 63.5. The SMILES string of the molecule is Cc1ccc(OC(F)(F)C(F)(F)F)cc1. The fraction of sp³-hybridized carbons (Fsp3) is 0.333. The van der Waals surface area contributed by atoms with Crippen LogP contribution in [0.25, 0.3) is 0 Å². The van der Waals surface area contributed by atoms with Gasteiger partial charge in [-0.3, -0.25) is 0 Å². The molecule has 0 aliphatic rings. The second-order valence-electron chi connectivity index (χ2n) is 2.93. The molecule has 1 rings (SSSR count). The van der Waals surface area contributed by atoms with Gasteiger partial charge in [0.2, 0.25) is 0 Å². The fourth-order valence-corrected chi connectivity index (χ4v) is 0.812. The van der Waals surface area contributed by atoms with E-state index >= 15 is 0 Å². The molecule has 0 unspecified atom stereocenters. The molecular weight excluding hydrogens is 219 g/mol. The Morgan fingerprint density at radius 3 is 1.80 bits per heavy atom. The summed E-state index contributed by atoms with van der Waals surface area (Å²) in [6.07, 6.45) is -10.9. The zero-order chi connectivity index (χ0) is 11.7. The van der Waals surface area contributed by atoms with Crippen LogP contribution in [-0.2, 0) is 0 Å². The summed E-state index contributed by atoms with van der Waals surface area (Å²) >= 11 is 0. The van der Waals surface area contributed by atoms with E-state index in [1.165, 1.54) is 12.1 Å². The molecule has 0 aliphatic carbocycles. The molecule has 0 aromatic heterocycles. The van der Waals surface area contributed by atoms with Gasteiger partial charge in [0.25, 0.3) is 0 Å². The highest BCUT2D eigenvalue weighted by molar-refractivity contribution is 5.26. The lowest BCUT2D eigenvalue weighted by Gasteiger charge is -2.20. The van der Waals surface area contributed by atoms with E-state index in [4.69, 9.17) is 0 Å². The number of alkyl halides is 5. The molecule has 0 aliphatic heterocycles. The van der Waals surface area contributed by atoms with E-state index in [0.29, 0.717) is 0 Å². The number of aryl methyl sites for hydroxylation is 1. The monoisotopic (exact) mass is 226 g/mol. The Hall–Kier alpha value is -1.33. The summed E-state index contributed by atoms with van der Waals surface area (Å²) in [5.74, 6) is -0.525. The highest BCUT2D eigenvalue weighted by Crippen LogP contribution is 2.37. The minimum Gasteiger partial charge on any atom is -0.426 e. The Morgan fingerprint density at radius 2 is 1.40 bits per heavy atom. The zero-order valence-electron chi connectivity index (χ0n) is 7.61. The third kappa shape index (κ3) is 2.81. The van der Waals surface area contributed by atoms with Crippen molar-refractivity contribution in [1.82, 2.24) is 0 Å². The van der Waals surface area contributed by atoms with Gasteiger partial charge in [-0.2, -0.15) is 22.0 Å². The molecule has 0 heterocycles. The maximum Gasteiger partial charge on any atom is 0.499 e. The zero-order valence-corrected chi connectivity index (χ0v) is 7.61. The summed E-state index contributed by atoms with van der Waals surface area (Å²) in [6.45, 7) is 1.67. The molecule has 0 saturated heterocycles. The van der Waals surface area contributed by atoms with Gasteiger partial charge < -0.3 is 4.74 Å². The number of rotatable bonds is 2. The predicted molar refractivity (Wildman–Crippen MR) is 42.8 cm³/mol. The highest BCUT2D eigenvalue weighted by atomic mass is 19.4. The lowest BCUT2D eigenvalue weighted by molar-refractivity contribution is -0.360. The standard InChI is InChI=1S/C9H7F5O/c1-6-2-4-7(5-3-6)15-9(13,14)8(10,11)12/h2-5H,1H3. The van der Waals surface area contributed by atoms with Crippen molar-refractivity contribution in [1.29, 1.82) is 0 Å². The van der Waals surface area contributed by atoms with E-state index in [9.17, 15) is 22.0 Å². The van der Waals surface area contributed by atoms with Crippen LogP contribution < -0.4 is 4.74 Å². The molecule has 6 heteroatoms. The third-order valence-electron chi connectivity index (χ3n) is 1.60. The van der Waals surface area contributed by atoms with E-state index in [1.54, 1.807) is 6.92 Å². The van der Waals surface area contributed by atoms with Crippen molar-refractivity contribution in [2.75, 3.05) is 0 Å². The van der Waals surface area contributed by atoms with Gasteiger partial charge in [-0.05, 0) is 19.1 Å². The average molecular weight is 226 g/mol. The summed E-state index contributed by atoms with van der Waals surface area (Å²) in [6, 6.07) is 4.85. The van der Waals surface area contributed by atoms with Crippen LogP contribution in [0.4, 0.5) is 22.0 Å². The van der Waals surface area contributed by atoms with Crippen LogP contribution in [0.5, 0.6) is 5.75 Å². The van der Waals surface area contributed by atoms with Crippen LogP contribution >= 0.6 is 0 Å². The number of benzene rings is 1. The number of hydrogen-bond donors (Lipinski definition) is 0. The van der Waals surface area contributed by atoms with Gasteiger partial charge in [0, 0.05) is 0 Å². The van der Waals surface area contributed by atoms with Crippen molar-refractivity contribution in [2.24, 2.45) is 0 Å². The summed E-state index contributed by atoms with van der Waals surface area (Å²) in [5.41, 5.74) is 0.734. The maximum atomic E-state index is 12.4. The van der Waals surface area contributed by atoms with Crippen LogP contribution in [0.3, 0.4) is 0 Å². The van der Waals surface area contributed by atoms with E-state index in [2.05, 4.69) is 4.74 Å². The minimum atomic E-state index is -5.71. The number of halogens is 5. The van der Waals surface area contributed by atoms with Crippen molar-refractivity contribution < 1.29 is 26.7 Å². The third-order valence-corrected chi connectivity index (χ3v) is 1.60. The molecule has 0 amide bonds. The summed E-state index contributed by atoms with van der Waals surface area (Å²) in [7, 11) is 0. The highest BCUT2D eigenvalue weighted by Gasteiger charge is 2.61. The molecule has 0 saturated carbocycles.